The lowest BCUT2D eigenvalue weighted by molar-refractivity contribution is 0.251. The molecule has 0 spiro atoms. The van der Waals surface area contributed by atoms with Crippen molar-refractivity contribution in [1.29, 1.82) is 0 Å². The van der Waals surface area contributed by atoms with Gasteiger partial charge in [-0.05, 0) is 48.4 Å². The van der Waals surface area contributed by atoms with E-state index in [9.17, 15) is 4.79 Å². The highest BCUT2D eigenvalue weighted by molar-refractivity contribution is 7.14. The van der Waals surface area contributed by atoms with Crippen molar-refractivity contribution in [2.75, 3.05) is 19.5 Å². The van der Waals surface area contributed by atoms with Gasteiger partial charge in [-0.15, -0.1) is 11.3 Å². The van der Waals surface area contributed by atoms with Crippen molar-refractivity contribution in [2.24, 2.45) is 0 Å². The minimum Gasteiger partial charge on any atom is -0.497 e. The average molecular weight is 383 g/mol. The van der Waals surface area contributed by atoms with Gasteiger partial charge in [0.15, 0.2) is 5.13 Å². The smallest absolute Gasteiger partial charge is 0.321 e. The van der Waals surface area contributed by atoms with Gasteiger partial charge in [0, 0.05) is 17.5 Å². The van der Waals surface area contributed by atoms with Crippen molar-refractivity contribution >= 4 is 22.5 Å². The van der Waals surface area contributed by atoms with E-state index in [1.807, 2.05) is 54.8 Å². The second-order valence-corrected chi connectivity index (χ2v) is 6.74. The Hall–Kier alpha value is -3.06. The standard InChI is InChI=1S/C20H21N3O3S/c1-13-10-15(6-9-18(13)26-3)17-12-27-20(22-17)23-19(24)21-11-14-4-7-16(25-2)8-5-14/h4-10,12H,11H2,1-3H3,(H2,21,22,23,24). The molecule has 1 heterocycles. The number of nitrogens with one attached hydrogen (secondary N) is 2. The summed E-state index contributed by atoms with van der Waals surface area (Å²) in [6.45, 7) is 2.41. The summed E-state index contributed by atoms with van der Waals surface area (Å²) >= 11 is 1.38. The number of rotatable bonds is 6. The van der Waals surface area contributed by atoms with Gasteiger partial charge in [-0.1, -0.05) is 12.1 Å². The van der Waals surface area contributed by atoms with E-state index in [1.54, 1.807) is 14.2 Å². The minimum atomic E-state index is -0.294. The van der Waals surface area contributed by atoms with Gasteiger partial charge in [-0.3, -0.25) is 5.32 Å². The van der Waals surface area contributed by atoms with Gasteiger partial charge in [0.25, 0.3) is 0 Å². The van der Waals surface area contributed by atoms with Gasteiger partial charge in [-0.2, -0.15) is 0 Å². The summed E-state index contributed by atoms with van der Waals surface area (Å²) in [5, 5.41) is 8.05. The first-order chi connectivity index (χ1) is 13.1. The van der Waals surface area contributed by atoms with Crippen LogP contribution < -0.4 is 20.1 Å². The first kappa shape index (κ1) is 18.7. The number of carbonyl (C=O) groups is 1. The Balaban J connectivity index is 1.58. The molecule has 3 rings (SSSR count). The molecule has 0 aliphatic rings. The summed E-state index contributed by atoms with van der Waals surface area (Å²) in [6, 6.07) is 13.1. The predicted octanol–water partition coefficient (Wildman–Crippen LogP) is 4.46. The van der Waals surface area contributed by atoms with Crippen LogP contribution in [0.4, 0.5) is 9.93 Å². The zero-order chi connectivity index (χ0) is 19.2. The maximum Gasteiger partial charge on any atom is 0.321 e. The van der Waals surface area contributed by atoms with E-state index in [0.29, 0.717) is 11.7 Å². The van der Waals surface area contributed by atoms with Crippen LogP contribution in [0.3, 0.4) is 0 Å². The molecule has 7 heteroatoms. The average Bonchev–Trinajstić information content (AvgIpc) is 3.15. The number of thiazole rings is 1. The van der Waals surface area contributed by atoms with E-state index < -0.39 is 0 Å². The van der Waals surface area contributed by atoms with Crippen LogP contribution in [0.5, 0.6) is 11.5 Å². The van der Waals surface area contributed by atoms with Crippen molar-refractivity contribution < 1.29 is 14.3 Å². The second-order valence-electron chi connectivity index (χ2n) is 5.88. The number of hydrogen-bond acceptors (Lipinski definition) is 5. The van der Waals surface area contributed by atoms with Crippen LogP contribution in [0.15, 0.2) is 47.8 Å². The fourth-order valence-corrected chi connectivity index (χ4v) is 3.28. The molecule has 0 aliphatic heterocycles. The largest absolute Gasteiger partial charge is 0.497 e. The van der Waals surface area contributed by atoms with Crippen LogP contribution in [0.1, 0.15) is 11.1 Å². The Labute approximate surface area is 162 Å². The Bertz CT molecular complexity index is 922. The summed E-state index contributed by atoms with van der Waals surface area (Å²) in [5.41, 5.74) is 3.82. The van der Waals surface area contributed by atoms with Crippen molar-refractivity contribution in [1.82, 2.24) is 10.3 Å². The van der Waals surface area contributed by atoms with Crippen molar-refractivity contribution in [3.05, 3.63) is 59.0 Å². The van der Waals surface area contributed by atoms with E-state index in [1.165, 1.54) is 11.3 Å². The first-order valence-electron chi connectivity index (χ1n) is 8.37. The van der Waals surface area contributed by atoms with Crippen molar-refractivity contribution in [3.8, 4) is 22.8 Å². The highest BCUT2D eigenvalue weighted by atomic mass is 32.1. The molecule has 1 aromatic heterocycles. The van der Waals surface area contributed by atoms with Gasteiger partial charge in [0.1, 0.15) is 11.5 Å². The van der Waals surface area contributed by atoms with E-state index in [-0.39, 0.29) is 6.03 Å². The van der Waals surface area contributed by atoms with E-state index in [0.717, 1.165) is 33.9 Å². The zero-order valence-corrected chi connectivity index (χ0v) is 16.2. The molecule has 2 N–H and O–H groups in total. The molecule has 2 amide bonds. The lowest BCUT2D eigenvalue weighted by atomic mass is 10.1. The molecule has 0 unspecified atom stereocenters. The monoisotopic (exact) mass is 383 g/mol. The van der Waals surface area contributed by atoms with Crippen LogP contribution in [0.25, 0.3) is 11.3 Å². The topological polar surface area (TPSA) is 72.5 Å². The SMILES string of the molecule is COc1ccc(CNC(=O)Nc2nc(-c3ccc(OC)c(C)c3)cs2)cc1. The predicted molar refractivity (Wildman–Crippen MR) is 108 cm³/mol. The molecular weight excluding hydrogens is 362 g/mol. The number of carbonyl (C=O) groups excluding carboxylic acids is 1. The number of urea groups is 1. The van der Waals surface area contributed by atoms with Crippen LogP contribution in [0, 0.1) is 6.92 Å². The minimum absolute atomic E-state index is 0.294. The Morgan fingerprint density at radius 2 is 1.89 bits per heavy atom. The van der Waals surface area contributed by atoms with Gasteiger partial charge < -0.3 is 14.8 Å². The Morgan fingerprint density at radius 1 is 1.11 bits per heavy atom. The quantitative estimate of drug-likeness (QED) is 0.659. The number of ether oxygens (including phenoxy) is 2. The van der Waals surface area contributed by atoms with E-state index >= 15 is 0 Å². The maximum atomic E-state index is 12.1. The molecule has 140 valence electrons. The molecule has 3 aromatic rings. The molecule has 0 saturated carbocycles. The molecule has 6 nitrogen and oxygen atoms in total. The lowest BCUT2D eigenvalue weighted by Gasteiger charge is -2.07. The number of methoxy groups -OCH3 is 2. The number of aryl methyl sites for hydroxylation is 1. The van der Waals surface area contributed by atoms with Crippen LogP contribution in [-0.4, -0.2) is 25.2 Å². The molecule has 0 fully saturated rings. The van der Waals surface area contributed by atoms with Crippen molar-refractivity contribution in [2.45, 2.75) is 13.5 Å². The maximum absolute atomic E-state index is 12.1. The first-order valence-corrected chi connectivity index (χ1v) is 9.25. The van der Waals surface area contributed by atoms with Crippen LogP contribution >= 0.6 is 11.3 Å². The number of benzene rings is 2. The van der Waals surface area contributed by atoms with Gasteiger partial charge in [0.2, 0.25) is 0 Å². The Kier molecular flexibility index (Phi) is 5.93. The molecule has 0 aliphatic carbocycles. The molecule has 2 aromatic carbocycles. The summed E-state index contributed by atoms with van der Waals surface area (Å²) < 4.78 is 10.4. The van der Waals surface area contributed by atoms with E-state index in [4.69, 9.17) is 9.47 Å². The fraction of sp³-hybridized carbons (Fsp3) is 0.200. The molecule has 0 saturated heterocycles. The highest BCUT2D eigenvalue weighted by Gasteiger charge is 2.09. The second kappa shape index (κ2) is 8.55. The van der Waals surface area contributed by atoms with Crippen LogP contribution in [0.2, 0.25) is 0 Å². The van der Waals surface area contributed by atoms with Gasteiger partial charge in [-0.25, -0.2) is 9.78 Å². The van der Waals surface area contributed by atoms with Crippen LogP contribution in [-0.2, 0) is 6.54 Å². The third-order valence-electron chi connectivity index (χ3n) is 4.03. The fourth-order valence-electron chi connectivity index (χ4n) is 2.57. The number of nitrogens with zero attached hydrogens (tertiary/aromatic N) is 1. The summed E-state index contributed by atoms with van der Waals surface area (Å²) in [6.07, 6.45) is 0. The number of aromatic nitrogens is 1. The normalized spacial score (nSPS) is 10.3. The lowest BCUT2D eigenvalue weighted by Crippen LogP contribution is -2.28. The third-order valence-corrected chi connectivity index (χ3v) is 4.79. The number of amides is 2. The molecule has 0 radical (unpaired) electrons. The number of hydrogen-bond donors (Lipinski definition) is 2. The zero-order valence-electron chi connectivity index (χ0n) is 15.4. The Morgan fingerprint density at radius 3 is 2.56 bits per heavy atom. The molecular formula is C20H21N3O3S. The summed E-state index contributed by atoms with van der Waals surface area (Å²) in [5.74, 6) is 1.62. The summed E-state index contributed by atoms with van der Waals surface area (Å²) in [7, 11) is 3.27. The third kappa shape index (κ3) is 4.77. The summed E-state index contributed by atoms with van der Waals surface area (Å²) in [4.78, 5) is 16.6. The molecule has 0 atom stereocenters. The number of anilines is 1. The molecule has 27 heavy (non-hydrogen) atoms. The molecule has 0 bridgehead atoms. The van der Waals surface area contributed by atoms with Gasteiger partial charge >= 0.3 is 6.03 Å². The van der Waals surface area contributed by atoms with Crippen molar-refractivity contribution in [3.63, 3.8) is 0 Å². The van der Waals surface area contributed by atoms with Gasteiger partial charge in [0.05, 0.1) is 19.9 Å². The van der Waals surface area contributed by atoms with E-state index in [2.05, 4.69) is 15.6 Å². The highest BCUT2D eigenvalue weighted by Crippen LogP contribution is 2.28.